The zero-order valence-electron chi connectivity index (χ0n) is 17.9. The Morgan fingerprint density at radius 1 is 1.00 bits per heavy atom. The molecular weight excluding hydrogens is 380 g/mol. The Morgan fingerprint density at radius 3 is 2.17 bits per heavy atom. The van der Waals surface area contributed by atoms with E-state index >= 15 is 0 Å². The molecule has 2 aromatic carbocycles. The normalized spacial score (nSPS) is 14.3. The molecule has 0 bridgehead atoms. The molecule has 2 aromatic rings. The van der Waals surface area contributed by atoms with E-state index in [0.29, 0.717) is 29.5 Å². The molecular formula is C24H30N2O4. The summed E-state index contributed by atoms with van der Waals surface area (Å²) in [7, 11) is 3.08. The van der Waals surface area contributed by atoms with E-state index in [1.807, 2.05) is 36.1 Å². The highest BCUT2D eigenvalue weighted by molar-refractivity contribution is 5.99. The number of carbonyl (C=O) groups is 2. The molecule has 1 saturated heterocycles. The van der Waals surface area contributed by atoms with Gasteiger partial charge in [-0.25, -0.2) is 0 Å². The molecule has 1 fully saturated rings. The second-order valence-corrected chi connectivity index (χ2v) is 7.68. The lowest BCUT2D eigenvalue weighted by Crippen LogP contribution is -2.39. The topological polar surface area (TPSA) is 67.9 Å². The molecule has 2 amide bonds. The number of piperidine rings is 1. The van der Waals surface area contributed by atoms with Crippen LogP contribution in [0.3, 0.4) is 0 Å². The van der Waals surface area contributed by atoms with E-state index in [4.69, 9.17) is 9.47 Å². The van der Waals surface area contributed by atoms with Crippen LogP contribution in [0.4, 0.5) is 0 Å². The van der Waals surface area contributed by atoms with Gasteiger partial charge < -0.3 is 19.7 Å². The maximum Gasteiger partial charge on any atom is 0.258 e. The zero-order chi connectivity index (χ0) is 21.5. The first-order chi connectivity index (χ1) is 14.5. The Labute approximate surface area is 178 Å². The van der Waals surface area contributed by atoms with Crippen molar-refractivity contribution < 1.29 is 19.1 Å². The molecule has 160 valence electrons. The van der Waals surface area contributed by atoms with Crippen molar-refractivity contribution in [1.29, 1.82) is 0 Å². The fraction of sp³-hybridized carbons (Fsp3) is 0.417. The molecule has 30 heavy (non-hydrogen) atoms. The largest absolute Gasteiger partial charge is 0.496 e. The minimum absolute atomic E-state index is 0.102. The molecule has 3 rings (SSSR count). The van der Waals surface area contributed by atoms with Gasteiger partial charge in [0.15, 0.2) is 0 Å². The van der Waals surface area contributed by atoms with Crippen LogP contribution < -0.4 is 14.8 Å². The summed E-state index contributed by atoms with van der Waals surface area (Å²) in [5.41, 5.74) is 2.32. The van der Waals surface area contributed by atoms with Crippen molar-refractivity contribution in [3.05, 3.63) is 59.2 Å². The van der Waals surface area contributed by atoms with Gasteiger partial charge in [0.2, 0.25) is 0 Å². The molecule has 1 N–H and O–H groups in total. The third-order valence-electron chi connectivity index (χ3n) is 5.69. The van der Waals surface area contributed by atoms with Crippen molar-refractivity contribution in [3.63, 3.8) is 0 Å². The molecule has 0 aliphatic carbocycles. The van der Waals surface area contributed by atoms with Crippen LogP contribution in [0.15, 0.2) is 42.5 Å². The van der Waals surface area contributed by atoms with Crippen LogP contribution in [0.1, 0.15) is 45.5 Å². The summed E-state index contributed by atoms with van der Waals surface area (Å²) in [6.45, 7) is 4.11. The van der Waals surface area contributed by atoms with Crippen LogP contribution in [0.5, 0.6) is 11.5 Å². The fourth-order valence-corrected chi connectivity index (χ4v) is 3.86. The quantitative estimate of drug-likeness (QED) is 0.756. The van der Waals surface area contributed by atoms with Crippen molar-refractivity contribution in [2.75, 3.05) is 33.9 Å². The van der Waals surface area contributed by atoms with Crippen LogP contribution in [-0.2, 0) is 0 Å². The lowest BCUT2D eigenvalue weighted by Gasteiger charge is -2.32. The summed E-state index contributed by atoms with van der Waals surface area (Å²) in [6, 6.07) is 13.0. The van der Waals surface area contributed by atoms with Crippen molar-refractivity contribution in [2.24, 2.45) is 5.92 Å². The SMILES string of the molecule is COc1cccc(OC)c1C(=O)NCCC1CCN(C(=O)c2ccc(C)cc2)CC1. The number of carbonyl (C=O) groups excluding carboxylic acids is 2. The van der Waals surface area contributed by atoms with E-state index in [1.165, 1.54) is 14.2 Å². The molecule has 0 saturated carbocycles. The van der Waals surface area contributed by atoms with Gasteiger partial charge >= 0.3 is 0 Å². The van der Waals surface area contributed by atoms with E-state index in [1.54, 1.807) is 18.2 Å². The number of benzene rings is 2. The van der Waals surface area contributed by atoms with E-state index in [2.05, 4.69) is 5.32 Å². The molecule has 6 nitrogen and oxygen atoms in total. The summed E-state index contributed by atoms with van der Waals surface area (Å²) in [5.74, 6) is 1.39. The highest BCUT2D eigenvalue weighted by Crippen LogP contribution is 2.28. The Kier molecular flexibility index (Phi) is 7.33. The van der Waals surface area contributed by atoms with Crippen molar-refractivity contribution in [2.45, 2.75) is 26.2 Å². The molecule has 1 aliphatic rings. The lowest BCUT2D eigenvalue weighted by atomic mass is 9.93. The van der Waals surface area contributed by atoms with Crippen molar-refractivity contribution >= 4 is 11.8 Å². The van der Waals surface area contributed by atoms with Crippen LogP contribution in [0.25, 0.3) is 0 Å². The number of likely N-dealkylation sites (tertiary alicyclic amines) is 1. The van der Waals surface area contributed by atoms with Crippen molar-refractivity contribution in [1.82, 2.24) is 10.2 Å². The summed E-state index contributed by atoms with van der Waals surface area (Å²) in [5, 5.41) is 2.98. The zero-order valence-corrected chi connectivity index (χ0v) is 17.9. The average molecular weight is 411 g/mol. The minimum Gasteiger partial charge on any atom is -0.496 e. The van der Waals surface area contributed by atoms with Gasteiger partial charge in [0.25, 0.3) is 11.8 Å². The van der Waals surface area contributed by atoms with Crippen molar-refractivity contribution in [3.8, 4) is 11.5 Å². The predicted molar refractivity (Wildman–Crippen MR) is 116 cm³/mol. The van der Waals surface area contributed by atoms with Gasteiger partial charge in [-0.05, 0) is 56.4 Å². The Bertz CT molecular complexity index is 849. The Morgan fingerprint density at radius 2 is 1.60 bits per heavy atom. The number of nitrogens with one attached hydrogen (secondary N) is 1. The number of aryl methyl sites for hydroxylation is 1. The van der Waals surface area contributed by atoms with Gasteiger partial charge in [0.05, 0.1) is 14.2 Å². The first-order valence-corrected chi connectivity index (χ1v) is 10.4. The molecule has 0 unspecified atom stereocenters. The maximum atomic E-state index is 12.6. The molecule has 1 aliphatic heterocycles. The Balaban J connectivity index is 1.47. The maximum absolute atomic E-state index is 12.6. The van der Waals surface area contributed by atoms with Gasteiger partial charge in [0.1, 0.15) is 17.1 Å². The van der Waals surface area contributed by atoms with Gasteiger partial charge in [-0.3, -0.25) is 9.59 Å². The number of ether oxygens (including phenoxy) is 2. The highest BCUT2D eigenvalue weighted by atomic mass is 16.5. The van der Waals surface area contributed by atoms with E-state index in [9.17, 15) is 9.59 Å². The molecule has 0 radical (unpaired) electrons. The summed E-state index contributed by atoms with van der Waals surface area (Å²) < 4.78 is 10.6. The number of methoxy groups -OCH3 is 2. The van der Waals surface area contributed by atoms with Gasteiger partial charge in [-0.1, -0.05) is 23.8 Å². The molecule has 0 spiro atoms. The van der Waals surface area contributed by atoms with Crippen LogP contribution in [0, 0.1) is 12.8 Å². The number of hydrogen-bond acceptors (Lipinski definition) is 4. The summed E-state index contributed by atoms with van der Waals surface area (Å²) in [6.07, 6.45) is 2.78. The number of nitrogens with zero attached hydrogens (tertiary/aromatic N) is 1. The fourth-order valence-electron chi connectivity index (χ4n) is 3.86. The number of hydrogen-bond donors (Lipinski definition) is 1. The summed E-state index contributed by atoms with van der Waals surface area (Å²) in [4.78, 5) is 27.2. The van der Waals surface area contributed by atoms with Gasteiger partial charge in [-0.2, -0.15) is 0 Å². The smallest absolute Gasteiger partial charge is 0.258 e. The van der Waals surface area contributed by atoms with E-state index in [0.717, 1.165) is 43.5 Å². The first-order valence-electron chi connectivity index (χ1n) is 10.4. The predicted octanol–water partition coefficient (Wildman–Crippen LogP) is 3.68. The second kappa shape index (κ2) is 10.1. The van der Waals surface area contributed by atoms with E-state index in [-0.39, 0.29) is 11.8 Å². The monoisotopic (exact) mass is 410 g/mol. The van der Waals surface area contributed by atoms with Crippen LogP contribution in [-0.4, -0.2) is 50.6 Å². The van der Waals surface area contributed by atoms with Crippen LogP contribution >= 0.6 is 0 Å². The first kappa shape index (κ1) is 21.7. The minimum atomic E-state index is -0.198. The van der Waals surface area contributed by atoms with Gasteiger partial charge in [0, 0.05) is 25.2 Å². The van der Waals surface area contributed by atoms with E-state index < -0.39 is 0 Å². The lowest BCUT2D eigenvalue weighted by molar-refractivity contribution is 0.0687. The number of amides is 2. The third kappa shape index (κ3) is 5.12. The second-order valence-electron chi connectivity index (χ2n) is 7.68. The van der Waals surface area contributed by atoms with Gasteiger partial charge in [-0.15, -0.1) is 0 Å². The average Bonchev–Trinajstić information content (AvgIpc) is 2.78. The standard InChI is InChI=1S/C24H30N2O4/c1-17-7-9-19(10-8-17)24(28)26-15-12-18(13-16-26)11-14-25-23(27)22-20(29-2)5-4-6-21(22)30-3/h4-10,18H,11-16H2,1-3H3,(H,25,27). The molecule has 6 heteroatoms. The van der Waals surface area contributed by atoms with Crippen LogP contribution in [0.2, 0.25) is 0 Å². The molecule has 0 aromatic heterocycles. The molecule has 0 atom stereocenters. The molecule has 1 heterocycles. The Hall–Kier alpha value is -3.02. The highest BCUT2D eigenvalue weighted by Gasteiger charge is 2.24. The number of rotatable bonds is 7. The third-order valence-corrected chi connectivity index (χ3v) is 5.69. The summed E-state index contributed by atoms with van der Waals surface area (Å²) >= 11 is 0.